The third kappa shape index (κ3) is 26.3. The molecule has 4 aliphatic rings. The summed E-state index contributed by atoms with van der Waals surface area (Å²) >= 11 is 0. The van der Waals surface area contributed by atoms with Crippen molar-refractivity contribution in [3.8, 4) is 45.6 Å². The van der Waals surface area contributed by atoms with Gasteiger partial charge in [0.25, 0.3) is 24.2 Å². The van der Waals surface area contributed by atoms with Crippen LogP contribution in [0.25, 0.3) is 64.9 Å². The molecule has 16 atom stereocenters. The average molecular weight is 1640 g/mol. The van der Waals surface area contributed by atoms with Crippen LogP contribution in [0.15, 0.2) is 97.1 Å². The van der Waals surface area contributed by atoms with E-state index in [1.54, 1.807) is 0 Å². The molecule has 8 aromatic rings. The lowest BCUT2D eigenvalue weighted by Crippen LogP contribution is -2.36. The molecular formula is C96H136N16O8. The van der Waals surface area contributed by atoms with Crippen molar-refractivity contribution in [2.24, 2.45) is 94.7 Å². The van der Waals surface area contributed by atoms with Gasteiger partial charge in [0.2, 0.25) is 6.29 Å². The van der Waals surface area contributed by atoms with Crippen LogP contribution in [0.2, 0.25) is 0 Å². The van der Waals surface area contributed by atoms with E-state index in [9.17, 15) is 10.2 Å². The highest BCUT2D eigenvalue weighted by atomic mass is 17.2. The first-order valence-electron chi connectivity index (χ1n) is 43.9. The van der Waals surface area contributed by atoms with Crippen molar-refractivity contribution in [2.75, 3.05) is 40.6 Å². The van der Waals surface area contributed by atoms with E-state index in [1.807, 2.05) is 74.5 Å². The number of aliphatic hydroxyl groups is 2. The van der Waals surface area contributed by atoms with E-state index < -0.39 is 18.2 Å². The number of aliphatic hydroxyl groups excluding tert-OH is 1. The Hall–Kier alpha value is -8.92. The van der Waals surface area contributed by atoms with E-state index in [1.165, 1.54) is 69.4 Å². The van der Waals surface area contributed by atoms with Gasteiger partial charge in [0.15, 0.2) is 43.1 Å². The number of benzene rings is 4. The topological polar surface area (TPSA) is 280 Å². The van der Waals surface area contributed by atoms with E-state index in [2.05, 4.69) is 205 Å². The highest BCUT2D eigenvalue weighted by Gasteiger charge is 2.45. The summed E-state index contributed by atoms with van der Waals surface area (Å²) in [6.45, 7) is 70.2. The molecule has 24 nitrogen and oxygen atoms in total. The van der Waals surface area contributed by atoms with Gasteiger partial charge in [-0.2, -0.15) is 20.4 Å². The molecule has 16 unspecified atom stereocenters. The van der Waals surface area contributed by atoms with Crippen LogP contribution in [-0.4, -0.2) is 142 Å². The number of aryl methyl sites for hydroxylation is 4. The summed E-state index contributed by atoms with van der Waals surface area (Å²) in [4.78, 5) is 64.7. The third-order valence-electron chi connectivity index (χ3n) is 26.7. The molecule has 6 N–H and O–H groups in total. The van der Waals surface area contributed by atoms with Crippen molar-refractivity contribution < 1.29 is 39.5 Å². The summed E-state index contributed by atoms with van der Waals surface area (Å²) in [5.41, 5.74) is 8.59. The van der Waals surface area contributed by atoms with E-state index in [0.717, 1.165) is 95.1 Å². The SMILES string of the molecule is [C-]#[N+]C(C(O)O)C(CC1C(C)CC(C)CC1C)c1nc(-c2ccc(C)cc2)n[nH]1.[C-]#[N+]C(COOC)C(CC1C(C)CC(C)CC1C)c1nc(-c2ccc(C)cc2)n[nH]1.[C-]#[N+]C(COOC)C(CC1C(C)CC(C)CC1C)c1nc(-c2ccc(C)cc2)n[nH]1.[C-]#[N+]C(COOCC)C(CC1C(C)CC(C)CC1C)c1nc(-c2ccc(C)cc2)n[nH]1. The molecule has 4 heterocycles. The summed E-state index contributed by atoms with van der Waals surface area (Å²) in [7, 11) is 2.96. The molecule has 0 radical (unpaired) electrons. The maximum atomic E-state index is 9.88. The number of nitrogens with zero attached hydrogens (tertiary/aromatic N) is 12. The lowest BCUT2D eigenvalue weighted by atomic mass is 9.66. The molecule has 0 bridgehead atoms. The van der Waals surface area contributed by atoms with Crippen LogP contribution in [-0.2, 0) is 29.3 Å². The van der Waals surface area contributed by atoms with Gasteiger partial charge in [-0.1, -0.05) is 202 Å². The van der Waals surface area contributed by atoms with Crippen LogP contribution in [0.3, 0.4) is 0 Å². The fourth-order valence-electron chi connectivity index (χ4n) is 20.6. The van der Waals surface area contributed by atoms with E-state index in [0.29, 0.717) is 119 Å². The molecular weight excluding hydrogens is 1510 g/mol. The van der Waals surface area contributed by atoms with Crippen LogP contribution in [0.5, 0.6) is 0 Å². The molecule has 4 aromatic heterocycles. The van der Waals surface area contributed by atoms with Crippen LogP contribution in [0.4, 0.5) is 0 Å². The van der Waals surface area contributed by atoms with Gasteiger partial charge in [0.05, 0.1) is 44.5 Å². The van der Waals surface area contributed by atoms with Crippen molar-refractivity contribution in [3.63, 3.8) is 0 Å². The second kappa shape index (κ2) is 46.4. The summed E-state index contributed by atoms with van der Waals surface area (Å²) < 4.78 is 0. The van der Waals surface area contributed by atoms with Gasteiger partial charge < -0.3 is 29.6 Å². The Bertz CT molecular complexity index is 4330. The third-order valence-corrected chi connectivity index (χ3v) is 26.7. The summed E-state index contributed by atoms with van der Waals surface area (Å²) in [6, 6.07) is 30.4. The smallest absolute Gasteiger partial charge is 0.283 e. The summed E-state index contributed by atoms with van der Waals surface area (Å²) in [5, 5.41) is 49.9. The zero-order chi connectivity index (χ0) is 86.9. The summed E-state index contributed by atoms with van der Waals surface area (Å²) in [6.07, 6.45) is 11.5. The average Bonchev–Trinajstić information content (AvgIpc) is 1.60. The van der Waals surface area contributed by atoms with Gasteiger partial charge in [0, 0.05) is 22.3 Å². The van der Waals surface area contributed by atoms with E-state index in [-0.39, 0.29) is 55.7 Å². The van der Waals surface area contributed by atoms with Crippen LogP contribution in [0, 0.1) is 149 Å². The Labute approximate surface area is 714 Å². The van der Waals surface area contributed by atoms with Crippen molar-refractivity contribution in [1.29, 1.82) is 0 Å². The molecule has 12 rings (SSSR count). The number of rotatable bonds is 31. The summed E-state index contributed by atoms with van der Waals surface area (Å²) in [5.74, 6) is 14.7. The lowest BCUT2D eigenvalue weighted by Gasteiger charge is -2.39. The Balaban J connectivity index is 0.000000182. The van der Waals surface area contributed by atoms with Crippen molar-refractivity contribution in [3.05, 3.63) is 188 Å². The Morgan fingerprint density at radius 1 is 0.342 bits per heavy atom. The highest BCUT2D eigenvalue weighted by molar-refractivity contribution is 5.57. The Morgan fingerprint density at radius 3 is 0.775 bits per heavy atom. The molecule has 120 heavy (non-hydrogen) atoms. The zero-order valence-electron chi connectivity index (χ0n) is 74.7. The molecule has 0 amide bonds. The molecule has 24 heteroatoms. The molecule has 0 aliphatic heterocycles. The molecule has 0 spiro atoms. The molecule has 4 saturated carbocycles. The first-order valence-corrected chi connectivity index (χ1v) is 43.9. The van der Waals surface area contributed by atoms with Gasteiger partial charge in [-0.05, 0) is 206 Å². The van der Waals surface area contributed by atoms with Crippen molar-refractivity contribution in [2.45, 2.75) is 249 Å². The maximum Gasteiger partial charge on any atom is 0.283 e. The van der Waals surface area contributed by atoms with Gasteiger partial charge >= 0.3 is 0 Å². The second-order valence-corrected chi connectivity index (χ2v) is 36.5. The lowest BCUT2D eigenvalue weighted by molar-refractivity contribution is -0.292. The standard InChI is InChI=1S/C25H36N4O2.2C24H34N4O2.C23H32N4O2/c1-7-30-31-15-23(26-6)22(14-21-18(4)12-17(3)13-19(21)5)25-27-24(28-29-25)20-10-8-16(2)9-11-20;2*1-15-7-9-19(10-8-15)23-26-24(28-27-23)21(22(25-5)14-30-29-6)13-20-17(3)11-16(2)12-18(20)4;1-13-6-8-17(9-7-13)21-25-22(27-26-21)19(20(24-5)23(28)29)12-18-15(3)10-14(2)11-16(18)4/h8-11,17-19,21-23H,7,12-15H2,1-5H3,(H,27,28,29);2*7-10,16-18,20-22H,11-14H2,1-4,6H3,(H,26,27,28);6-9,14-16,18-20,23,28-29H,10-12H2,1-4H3,(H,25,26,27). The van der Waals surface area contributed by atoms with Gasteiger partial charge in [-0.3, -0.25) is 20.4 Å². The predicted molar refractivity (Wildman–Crippen MR) is 470 cm³/mol. The minimum Gasteiger partial charge on any atom is -0.362 e. The molecule has 0 saturated heterocycles. The van der Waals surface area contributed by atoms with E-state index >= 15 is 0 Å². The Kier molecular flexibility index (Phi) is 36.7. The minimum absolute atomic E-state index is 0.0760. The molecule has 648 valence electrons. The fraction of sp³-hybridized carbons (Fsp3) is 0.625. The van der Waals surface area contributed by atoms with E-state index in [4.69, 9.17) is 70.6 Å². The number of aromatic nitrogens is 12. The molecule has 4 fully saturated rings. The largest absolute Gasteiger partial charge is 0.362 e. The van der Waals surface area contributed by atoms with Crippen LogP contribution < -0.4 is 0 Å². The van der Waals surface area contributed by atoms with Crippen LogP contribution in [0.1, 0.15) is 236 Å². The minimum atomic E-state index is -1.71. The second-order valence-electron chi connectivity index (χ2n) is 36.5. The highest BCUT2D eigenvalue weighted by Crippen LogP contribution is 2.49. The van der Waals surface area contributed by atoms with Crippen LogP contribution >= 0.6 is 0 Å². The first kappa shape index (κ1) is 94.9. The monoisotopic (exact) mass is 1640 g/mol. The van der Waals surface area contributed by atoms with Crippen molar-refractivity contribution >= 4 is 0 Å². The number of H-pyrrole nitrogens is 4. The van der Waals surface area contributed by atoms with Gasteiger partial charge in [-0.15, -0.1) is 0 Å². The number of hydrogen-bond donors (Lipinski definition) is 6. The number of aromatic amines is 4. The fourth-order valence-corrected chi connectivity index (χ4v) is 20.6. The number of nitrogens with one attached hydrogen (secondary N) is 4. The maximum absolute atomic E-state index is 9.88. The Morgan fingerprint density at radius 2 is 0.567 bits per heavy atom. The van der Waals surface area contributed by atoms with Gasteiger partial charge in [-0.25, -0.2) is 75.5 Å². The molecule has 4 aliphatic carbocycles. The van der Waals surface area contributed by atoms with Gasteiger partial charge in [0.1, 0.15) is 23.3 Å². The first-order chi connectivity index (χ1) is 57.6. The quantitative estimate of drug-likeness (QED) is 0.00774. The molecule has 4 aromatic carbocycles. The zero-order valence-corrected chi connectivity index (χ0v) is 74.7. The normalized spacial score (nSPS) is 26.2. The van der Waals surface area contributed by atoms with Crippen molar-refractivity contribution in [1.82, 2.24) is 60.7 Å². The predicted octanol–water partition coefficient (Wildman–Crippen LogP) is 20.9. The number of hydrogen-bond acceptors (Lipinski definition) is 16.